The van der Waals surface area contributed by atoms with Gasteiger partial charge in [0.05, 0.1) is 18.3 Å². The molecule has 0 aliphatic rings. The van der Waals surface area contributed by atoms with Gasteiger partial charge in [-0.2, -0.15) is 17.5 Å². The molecule has 1 atom stereocenters. The third-order valence-electron chi connectivity index (χ3n) is 5.04. The Hall–Kier alpha value is -3.68. The highest BCUT2D eigenvalue weighted by atomic mass is 32.2. The molecule has 1 aromatic heterocycles. The van der Waals surface area contributed by atoms with Gasteiger partial charge in [0.15, 0.2) is 6.61 Å². The van der Waals surface area contributed by atoms with E-state index in [4.69, 9.17) is 9.47 Å². The number of benzene rings is 2. The van der Waals surface area contributed by atoms with Gasteiger partial charge in [-0.25, -0.2) is 18.6 Å². The standard InChI is InChI=1S/C23H25F4N5O4S/c1-12-20-16(9-17(21(12)35-3)32-37(4,5)34)28-11-29-22(20)31-15-7-6-14(24)8-18(15)36-10-19(33)30-13(2)23(25,26)27/h6-9,11,13H,10H2,1-5H3,(H,30,33)(H,28,29,31)/t13-/m0/s1. The first-order chi connectivity index (χ1) is 17.2. The van der Waals surface area contributed by atoms with E-state index in [0.29, 0.717) is 27.9 Å². The number of nitrogens with one attached hydrogen (secondary N) is 2. The number of hydrogen-bond acceptors (Lipinski definition) is 8. The molecular weight excluding hydrogens is 518 g/mol. The van der Waals surface area contributed by atoms with Gasteiger partial charge in [-0.1, -0.05) is 0 Å². The van der Waals surface area contributed by atoms with Gasteiger partial charge in [-0.3, -0.25) is 4.79 Å². The first kappa shape index (κ1) is 27.9. The number of amides is 1. The second-order valence-electron chi connectivity index (χ2n) is 8.33. The van der Waals surface area contributed by atoms with Crippen LogP contribution in [0.1, 0.15) is 12.5 Å². The Balaban J connectivity index is 1.97. The lowest BCUT2D eigenvalue weighted by Gasteiger charge is -2.18. The van der Waals surface area contributed by atoms with Crippen LogP contribution >= 0.6 is 0 Å². The summed E-state index contributed by atoms with van der Waals surface area (Å²) in [5.41, 5.74) is 1.56. The molecule has 0 spiro atoms. The molecule has 200 valence electrons. The number of carbonyl (C=O) groups excluding carboxylic acids is 1. The number of nitrogens with zero attached hydrogens (tertiary/aromatic N) is 3. The summed E-state index contributed by atoms with van der Waals surface area (Å²) in [5, 5.41) is 5.28. The molecule has 3 rings (SSSR count). The number of methoxy groups -OCH3 is 1. The smallest absolute Gasteiger partial charge is 0.408 e. The van der Waals surface area contributed by atoms with Crippen LogP contribution in [0.25, 0.3) is 10.9 Å². The van der Waals surface area contributed by atoms with Crippen molar-refractivity contribution in [3.8, 4) is 11.5 Å². The van der Waals surface area contributed by atoms with E-state index in [-0.39, 0.29) is 17.3 Å². The van der Waals surface area contributed by atoms with Gasteiger partial charge in [-0.05, 0) is 32.0 Å². The molecule has 0 aliphatic heterocycles. The maximum absolute atomic E-state index is 13.9. The van der Waals surface area contributed by atoms with Crippen LogP contribution in [0.15, 0.2) is 35.0 Å². The van der Waals surface area contributed by atoms with E-state index in [9.17, 15) is 26.6 Å². The lowest BCUT2D eigenvalue weighted by molar-refractivity contribution is -0.158. The molecule has 0 bridgehead atoms. The van der Waals surface area contributed by atoms with Gasteiger partial charge in [-0.15, -0.1) is 0 Å². The second-order valence-corrected chi connectivity index (χ2v) is 10.9. The molecule has 0 saturated carbocycles. The van der Waals surface area contributed by atoms with E-state index in [2.05, 4.69) is 19.6 Å². The molecule has 2 aromatic carbocycles. The molecule has 0 aliphatic carbocycles. The Morgan fingerprint density at radius 3 is 2.54 bits per heavy atom. The minimum Gasteiger partial charge on any atom is -0.494 e. The van der Waals surface area contributed by atoms with Crippen LogP contribution in [0.2, 0.25) is 0 Å². The zero-order valence-electron chi connectivity index (χ0n) is 20.6. The Labute approximate surface area is 210 Å². The fourth-order valence-corrected chi connectivity index (χ4v) is 4.00. The first-order valence-electron chi connectivity index (χ1n) is 10.7. The molecule has 2 N–H and O–H groups in total. The van der Waals surface area contributed by atoms with Crippen molar-refractivity contribution in [1.29, 1.82) is 0 Å². The molecule has 0 fully saturated rings. The number of alkyl halides is 3. The highest BCUT2D eigenvalue weighted by Gasteiger charge is 2.37. The molecule has 3 aromatic rings. The number of carbonyl (C=O) groups is 1. The lowest BCUT2D eigenvalue weighted by atomic mass is 10.1. The van der Waals surface area contributed by atoms with Crippen molar-refractivity contribution >= 4 is 43.7 Å². The fraction of sp³-hybridized carbons (Fsp3) is 0.348. The third kappa shape index (κ3) is 6.96. The molecule has 0 unspecified atom stereocenters. The highest BCUT2D eigenvalue weighted by Crippen LogP contribution is 2.40. The number of halogens is 4. The molecule has 37 heavy (non-hydrogen) atoms. The Bertz CT molecular complexity index is 1450. The van der Waals surface area contributed by atoms with Gasteiger partial charge in [0, 0.05) is 39.3 Å². The Morgan fingerprint density at radius 2 is 1.92 bits per heavy atom. The zero-order valence-corrected chi connectivity index (χ0v) is 21.4. The minimum atomic E-state index is -4.62. The maximum Gasteiger partial charge on any atom is 0.408 e. The summed E-state index contributed by atoms with van der Waals surface area (Å²) < 4.78 is 79.4. The SMILES string of the molecule is COc1c(N=S(C)(C)=O)cc2ncnc(Nc3ccc(F)cc3OCC(=O)N[C@@H](C)C(F)(F)F)c2c1C. The summed E-state index contributed by atoms with van der Waals surface area (Å²) in [6.45, 7) is 1.74. The van der Waals surface area contributed by atoms with Crippen LogP contribution in [0.3, 0.4) is 0 Å². The Morgan fingerprint density at radius 1 is 1.22 bits per heavy atom. The summed E-state index contributed by atoms with van der Waals surface area (Å²) in [7, 11) is -1.07. The largest absolute Gasteiger partial charge is 0.494 e. The van der Waals surface area contributed by atoms with Crippen LogP contribution in [-0.4, -0.2) is 58.5 Å². The van der Waals surface area contributed by atoms with Crippen molar-refractivity contribution in [2.75, 3.05) is 31.5 Å². The monoisotopic (exact) mass is 543 g/mol. The summed E-state index contributed by atoms with van der Waals surface area (Å²) in [6, 6.07) is 2.96. The van der Waals surface area contributed by atoms with Gasteiger partial charge in [0.25, 0.3) is 5.91 Å². The van der Waals surface area contributed by atoms with E-state index in [0.717, 1.165) is 19.1 Å². The fourth-order valence-electron chi connectivity index (χ4n) is 3.39. The minimum absolute atomic E-state index is 0.130. The predicted molar refractivity (Wildman–Crippen MR) is 132 cm³/mol. The quantitative estimate of drug-likeness (QED) is 0.398. The molecule has 0 saturated heterocycles. The van der Waals surface area contributed by atoms with Gasteiger partial charge in [0.1, 0.15) is 41.2 Å². The van der Waals surface area contributed by atoms with Gasteiger partial charge in [0.2, 0.25) is 0 Å². The van der Waals surface area contributed by atoms with Gasteiger partial charge < -0.3 is 20.1 Å². The van der Waals surface area contributed by atoms with Crippen molar-refractivity contribution in [3.63, 3.8) is 0 Å². The second kappa shape index (κ2) is 10.7. The number of ether oxygens (including phenoxy) is 2. The van der Waals surface area contributed by atoms with Crippen LogP contribution in [-0.2, 0) is 14.5 Å². The first-order valence-corrected chi connectivity index (χ1v) is 13.1. The van der Waals surface area contributed by atoms with E-state index in [1.807, 2.05) is 0 Å². The van der Waals surface area contributed by atoms with Crippen molar-refractivity contribution < 1.29 is 36.0 Å². The number of aromatic nitrogens is 2. The molecule has 14 heteroatoms. The molecule has 1 heterocycles. The van der Waals surface area contributed by atoms with Crippen LogP contribution in [0.4, 0.5) is 34.8 Å². The van der Waals surface area contributed by atoms with Crippen molar-refractivity contribution in [2.45, 2.75) is 26.1 Å². The topological polar surface area (TPSA) is 115 Å². The van der Waals surface area contributed by atoms with E-state index in [1.54, 1.807) is 18.3 Å². The van der Waals surface area contributed by atoms with E-state index in [1.165, 1.54) is 32.0 Å². The van der Waals surface area contributed by atoms with E-state index < -0.39 is 40.3 Å². The number of hydrogen-bond donors (Lipinski definition) is 2. The average molecular weight is 544 g/mol. The van der Waals surface area contributed by atoms with Crippen molar-refractivity contribution in [3.05, 3.63) is 42.0 Å². The summed E-state index contributed by atoms with van der Waals surface area (Å²) in [5.74, 6) is -1.23. The Kier molecular flexibility index (Phi) is 8.10. The third-order valence-corrected chi connectivity index (χ3v) is 5.68. The van der Waals surface area contributed by atoms with Crippen LogP contribution in [0, 0.1) is 12.7 Å². The molecule has 1 amide bonds. The molecule has 9 nitrogen and oxygen atoms in total. The number of anilines is 2. The molecule has 0 radical (unpaired) electrons. The molecular formula is C23H25F4N5O4S. The maximum atomic E-state index is 13.9. The normalized spacial score (nSPS) is 12.7. The van der Waals surface area contributed by atoms with Crippen LogP contribution < -0.4 is 20.1 Å². The summed E-state index contributed by atoms with van der Waals surface area (Å²) in [4.78, 5) is 20.4. The zero-order chi connectivity index (χ0) is 27.5. The summed E-state index contributed by atoms with van der Waals surface area (Å²) in [6.07, 6.45) is -0.379. The average Bonchev–Trinajstić information content (AvgIpc) is 2.77. The van der Waals surface area contributed by atoms with Gasteiger partial charge >= 0.3 is 6.18 Å². The highest BCUT2D eigenvalue weighted by molar-refractivity contribution is 7.92. The van der Waals surface area contributed by atoms with Crippen molar-refractivity contribution in [1.82, 2.24) is 15.3 Å². The van der Waals surface area contributed by atoms with Crippen LogP contribution in [0.5, 0.6) is 11.5 Å². The predicted octanol–water partition coefficient (Wildman–Crippen LogP) is 4.63. The summed E-state index contributed by atoms with van der Waals surface area (Å²) >= 11 is 0. The van der Waals surface area contributed by atoms with Crippen molar-refractivity contribution in [2.24, 2.45) is 4.36 Å². The number of aryl methyl sites for hydroxylation is 1. The lowest BCUT2D eigenvalue weighted by Crippen LogP contribution is -2.44. The van der Waals surface area contributed by atoms with E-state index >= 15 is 0 Å². The number of fused-ring (bicyclic) bond motifs is 1. The number of rotatable bonds is 8.